The number of carbonyl (C=O) groups excluding carboxylic acids is 1. The minimum absolute atomic E-state index is 0.101. The molecule has 0 aliphatic carbocycles. The van der Waals surface area contributed by atoms with E-state index < -0.39 is 0 Å². The molecule has 5 heteroatoms. The second-order valence-corrected chi connectivity index (χ2v) is 3.50. The lowest BCUT2D eigenvalue weighted by Gasteiger charge is -2.05. The Balaban J connectivity index is 2.16. The number of rotatable bonds is 2. The Kier molecular flexibility index (Phi) is 3.00. The molecule has 0 saturated carbocycles. The van der Waals surface area contributed by atoms with Crippen LogP contribution in [0, 0.1) is 6.92 Å². The van der Waals surface area contributed by atoms with Crippen molar-refractivity contribution in [1.82, 2.24) is 9.97 Å². The van der Waals surface area contributed by atoms with Crippen LogP contribution in [0.5, 0.6) is 5.75 Å². The van der Waals surface area contributed by atoms with Crippen LogP contribution in [0.4, 0.5) is 5.82 Å². The summed E-state index contributed by atoms with van der Waals surface area (Å²) in [6.07, 6.45) is 3.07. The molecule has 0 radical (unpaired) electrons. The number of aromatic hydroxyl groups is 1. The molecule has 86 valence electrons. The molecule has 1 amide bonds. The lowest BCUT2D eigenvalue weighted by atomic mass is 10.2. The van der Waals surface area contributed by atoms with Crippen LogP contribution in [0.1, 0.15) is 16.1 Å². The van der Waals surface area contributed by atoms with Gasteiger partial charge in [0.15, 0.2) is 0 Å². The lowest BCUT2D eigenvalue weighted by Crippen LogP contribution is -2.13. The van der Waals surface area contributed by atoms with Crippen molar-refractivity contribution in [2.45, 2.75) is 6.92 Å². The van der Waals surface area contributed by atoms with E-state index in [1.165, 1.54) is 18.3 Å². The first-order valence-electron chi connectivity index (χ1n) is 5.05. The molecule has 0 spiro atoms. The molecule has 2 aromatic heterocycles. The van der Waals surface area contributed by atoms with E-state index in [0.29, 0.717) is 17.1 Å². The average Bonchev–Trinajstić information content (AvgIpc) is 2.35. The summed E-state index contributed by atoms with van der Waals surface area (Å²) in [7, 11) is 0. The third-order valence-corrected chi connectivity index (χ3v) is 2.22. The number of pyridine rings is 2. The van der Waals surface area contributed by atoms with E-state index in [1.807, 2.05) is 0 Å². The number of aryl methyl sites for hydroxylation is 1. The minimum atomic E-state index is -0.282. The van der Waals surface area contributed by atoms with Crippen molar-refractivity contribution >= 4 is 11.7 Å². The molecular formula is C12H11N3O2. The molecule has 5 nitrogen and oxygen atoms in total. The zero-order chi connectivity index (χ0) is 12.3. The summed E-state index contributed by atoms with van der Waals surface area (Å²) in [5, 5.41) is 11.9. The number of anilines is 1. The number of aromatic nitrogens is 2. The van der Waals surface area contributed by atoms with Crippen molar-refractivity contribution in [3.8, 4) is 5.75 Å². The standard InChI is InChI=1S/C12H11N3O2/c1-8-10(16)4-5-11(14-8)15-12(17)9-3-2-6-13-7-9/h2-7,16H,1H3,(H,14,15,17). The first kappa shape index (κ1) is 11.1. The van der Waals surface area contributed by atoms with E-state index in [2.05, 4.69) is 15.3 Å². The molecule has 0 bridgehead atoms. The van der Waals surface area contributed by atoms with Crippen molar-refractivity contribution in [3.63, 3.8) is 0 Å². The highest BCUT2D eigenvalue weighted by Gasteiger charge is 2.07. The van der Waals surface area contributed by atoms with Crippen LogP contribution in [0.25, 0.3) is 0 Å². The molecule has 0 saturated heterocycles. The summed E-state index contributed by atoms with van der Waals surface area (Å²) in [6, 6.07) is 6.37. The Labute approximate surface area is 98.2 Å². The van der Waals surface area contributed by atoms with Crippen molar-refractivity contribution in [3.05, 3.63) is 47.9 Å². The maximum absolute atomic E-state index is 11.8. The molecule has 2 aromatic rings. The van der Waals surface area contributed by atoms with Gasteiger partial charge in [0.05, 0.1) is 11.3 Å². The molecule has 0 atom stereocenters. The molecule has 0 aromatic carbocycles. The van der Waals surface area contributed by atoms with Gasteiger partial charge >= 0.3 is 0 Å². The summed E-state index contributed by atoms with van der Waals surface area (Å²) >= 11 is 0. The van der Waals surface area contributed by atoms with Crippen molar-refractivity contribution in [2.24, 2.45) is 0 Å². The second kappa shape index (κ2) is 4.61. The van der Waals surface area contributed by atoms with Gasteiger partial charge in [-0.05, 0) is 31.2 Å². The molecular weight excluding hydrogens is 218 g/mol. The Morgan fingerprint density at radius 1 is 1.35 bits per heavy atom. The number of nitrogens with zero attached hydrogens (tertiary/aromatic N) is 2. The lowest BCUT2D eigenvalue weighted by molar-refractivity contribution is 0.102. The van der Waals surface area contributed by atoms with Gasteiger partial charge in [-0.15, -0.1) is 0 Å². The Morgan fingerprint density at radius 3 is 2.82 bits per heavy atom. The van der Waals surface area contributed by atoms with Crippen molar-refractivity contribution < 1.29 is 9.90 Å². The molecule has 2 N–H and O–H groups in total. The third kappa shape index (κ3) is 2.57. The van der Waals surface area contributed by atoms with Crippen LogP contribution in [-0.4, -0.2) is 21.0 Å². The first-order chi connectivity index (χ1) is 8.16. The van der Waals surface area contributed by atoms with Crippen LogP contribution in [0.3, 0.4) is 0 Å². The molecule has 0 fully saturated rings. The Bertz CT molecular complexity index is 541. The van der Waals surface area contributed by atoms with Crippen LogP contribution in [-0.2, 0) is 0 Å². The van der Waals surface area contributed by atoms with Gasteiger partial charge in [0.25, 0.3) is 5.91 Å². The highest BCUT2D eigenvalue weighted by molar-refractivity contribution is 6.03. The maximum atomic E-state index is 11.8. The fourth-order valence-corrected chi connectivity index (χ4v) is 1.31. The largest absolute Gasteiger partial charge is 0.506 e. The molecule has 17 heavy (non-hydrogen) atoms. The highest BCUT2D eigenvalue weighted by atomic mass is 16.3. The van der Waals surface area contributed by atoms with Gasteiger partial charge in [0.1, 0.15) is 11.6 Å². The predicted molar refractivity (Wildman–Crippen MR) is 62.8 cm³/mol. The highest BCUT2D eigenvalue weighted by Crippen LogP contribution is 2.16. The van der Waals surface area contributed by atoms with Gasteiger partial charge in [-0.1, -0.05) is 0 Å². The van der Waals surface area contributed by atoms with E-state index in [9.17, 15) is 9.90 Å². The topological polar surface area (TPSA) is 75.1 Å². The number of amides is 1. The number of hydrogen-bond donors (Lipinski definition) is 2. The molecule has 2 rings (SSSR count). The Morgan fingerprint density at radius 2 is 2.18 bits per heavy atom. The number of nitrogens with one attached hydrogen (secondary N) is 1. The van der Waals surface area contributed by atoms with Gasteiger partial charge in [-0.3, -0.25) is 9.78 Å². The smallest absolute Gasteiger partial charge is 0.258 e. The minimum Gasteiger partial charge on any atom is -0.506 e. The van der Waals surface area contributed by atoms with Gasteiger partial charge < -0.3 is 10.4 Å². The quantitative estimate of drug-likeness (QED) is 0.822. The SMILES string of the molecule is Cc1nc(NC(=O)c2cccnc2)ccc1O. The zero-order valence-corrected chi connectivity index (χ0v) is 9.21. The van der Waals surface area contributed by atoms with E-state index in [1.54, 1.807) is 25.3 Å². The summed E-state index contributed by atoms with van der Waals surface area (Å²) in [6.45, 7) is 1.66. The van der Waals surface area contributed by atoms with Crippen molar-refractivity contribution in [1.29, 1.82) is 0 Å². The summed E-state index contributed by atoms with van der Waals surface area (Å²) < 4.78 is 0. The van der Waals surface area contributed by atoms with Gasteiger partial charge in [-0.2, -0.15) is 0 Å². The molecule has 0 aliphatic rings. The van der Waals surface area contributed by atoms with Crippen molar-refractivity contribution in [2.75, 3.05) is 5.32 Å². The summed E-state index contributed by atoms with van der Waals surface area (Å²) in [4.78, 5) is 19.7. The summed E-state index contributed by atoms with van der Waals surface area (Å²) in [5.41, 5.74) is 0.925. The summed E-state index contributed by atoms with van der Waals surface area (Å²) in [5.74, 6) is 0.217. The van der Waals surface area contributed by atoms with E-state index in [0.717, 1.165) is 0 Å². The zero-order valence-electron chi connectivity index (χ0n) is 9.21. The fraction of sp³-hybridized carbons (Fsp3) is 0.0833. The van der Waals surface area contributed by atoms with Crippen LogP contribution in [0.2, 0.25) is 0 Å². The number of hydrogen-bond acceptors (Lipinski definition) is 4. The number of carbonyl (C=O) groups is 1. The fourth-order valence-electron chi connectivity index (χ4n) is 1.31. The molecule has 2 heterocycles. The van der Waals surface area contributed by atoms with Gasteiger partial charge in [0, 0.05) is 12.4 Å². The van der Waals surface area contributed by atoms with E-state index in [-0.39, 0.29) is 11.7 Å². The Hall–Kier alpha value is -2.43. The average molecular weight is 229 g/mol. The van der Waals surface area contributed by atoms with E-state index in [4.69, 9.17) is 0 Å². The maximum Gasteiger partial charge on any atom is 0.258 e. The first-order valence-corrected chi connectivity index (χ1v) is 5.05. The second-order valence-electron chi connectivity index (χ2n) is 3.50. The molecule has 0 aliphatic heterocycles. The van der Waals surface area contributed by atoms with E-state index >= 15 is 0 Å². The molecule has 0 unspecified atom stereocenters. The third-order valence-electron chi connectivity index (χ3n) is 2.22. The van der Waals surface area contributed by atoms with Crippen LogP contribution < -0.4 is 5.32 Å². The van der Waals surface area contributed by atoms with Gasteiger partial charge in [0.2, 0.25) is 0 Å². The predicted octanol–water partition coefficient (Wildman–Crippen LogP) is 1.74. The van der Waals surface area contributed by atoms with Crippen LogP contribution >= 0.6 is 0 Å². The van der Waals surface area contributed by atoms with Gasteiger partial charge in [-0.25, -0.2) is 4.98 Å². The monoisotopic (exact) mass is 229 g/mol. The normalized spacial score (nSPS) is 9.94. The van der Waals surface area contributed by atoms with Crippen LogP contribution in [0.15, 0.2) is 36.7 Å².